The van der Waals surface area contributed by atoms with Crippen molar-refractivity contribution in [2.45, 2.75) is 12.1 Å². The monoisotopic (exact) mass is 252 g/mol. The number of para-hydroxylation sites is 1. The lowest BCUT2D eigenvalue weighted by Crippen LogP contribution is -2.74. The summed E-state index contributed by atoms with van der Waals surface area (Å²) in [5.41, 5.74) is 3.33. The van der Waals surface area contributed by atoms with Crippen LogP contribution in [0.25, 0.3) is 0 Å². The molecule has 7 nitrogen and oxygen atoms in total. The summed E-state index contributed by atoms with van der Waals surface area (Å²) in [7, 11) is 0. The molecule has 0 aliphatic heterocycles. The van der Waals surface area contributed by atoms with Crippen LogP contribution in [-0.2, 0) is 9.59 Å². The molecule has 7 heteroatoms. The van der Waals surface area contributed by atoms with E-state index in [2.05, 4.69) is 11.1 Å². The van der Waals surface area contributed by atoms with Crippen molar-refractivity contribution in [2.24, 2.45) is 0 Å². The van der Waals surface area contributed by atoms with Gasteiger partial charge in [-0.2, -0.15) is 0 Å². The molecule has 0 aromatic heterocycles. The Bertz CT molecular complexity index is 474. The van der Waals surface area contributed by atoms with Gasteiger partial charge in [0.2, 0.25) is 6.41 Å². The van der Waals surface area contributed by atoms with Crippen molar-refractivity contribution >= 4 is 23.9 Å². The zero-order chi connectivity index (χ0) is 13.7. The van der Waals surface area contributed by atoms with Gasteiger partial charge < -0.3 is 26.1 Å². The molecule has 1 amide bonds. The number of quaternary nitrogens is 1. The number of benzene rings is 1. The average molecular weight is 252 g/mol. The molecule has 1 rings (SSSR count). The van der Waals surface area contributed by atoms with Gasteiger partial charge in [-0.3, -0.25) is 9.59 Å². The van der Waals surface area contributed by atoms with Crippen LogP contribution in [0, 0.1) is 0 Å². The zero-order valence-corrected chi connectivity index (χ0v) is 9.33. The zero-order valence-electron chi connectivity index (χ0n) is 9.33. The minimum Gasteiger partial charge on any atom is -0.544 e. The number of aliphatic hydroxyl groups excluding tert-OH is 1. The summed E-state index contributed by atoms with van der Waals surface area (Å²) in [5, 5.41) is 22.4. The Morgan fingerprint density at radius 1 is 1.39 bits per heavy atom. The van der Waals surface area contributed by atoms with Crippen molar-refractivity contribution in [3.05, 3.63) is 29.8 Å². The van der Waals surface area contributed by atoms with Crippen LogP contribution in [0.5, 0.6) is 0 Å². The summed E-state index contributed by atoms with van der Waals surface area (Å²) >= 11 is 0. The Hall–Kier alpha value is -2.25. The first-order valence-electron chi connectivity index (χ1n) is 5.04. The molecule has 1 aromatic rings. The smallest absolute Gasteiger partial charge is 0.211 e. The van der Waals surface area contributed by atoms with E-state index in [1.165, 1.54) is 18.2 Å². The number of anilines is 1. The van der Waals surface area contributed by atoms with Crippen LogP contribution in [0.15, 0.2) is 24.3 Å². The highest BCUT2D eigenvalue weighted by atomic mass is 16.4. The van der Waals surface area contributed by atoms with Crippen molar-refractivity contribution < 1.29 is 30.3 Å². The van der Waals surface area contributed by atoms with E-state index in [0.717, 1.165) is 0 Å². The maximum Gasteiger partial charge on any atom is 0.211 e. The third kappa shape index (κ3) is 2.90. The second kappa shape index (κ2) is 5.89. The number of carbonyl (C=O) groups excluding carboxylic acids is 3. The summed E-state index contributed by atoms with van der Waals surface area (Å²) in [4.78, 5) is 32.7. The number of amides is 1. The molecule has 2 atom stereocenters. The molecule has 0 spiro atoms. The van der Waals surface area contributed by atoms with E-state index in [4.69, 9.17) is 0 Å². The molecular formula is C11H12N2O5. The maximum absolute atomic E-state index is 11.8. The average Bonchev–Trinajstić information content (AvgIpc) is 2.37. The highest BCUT2D eigenvalue weighted by Gasteiger charge is 2.29. The summed E-state index contributed by atoms with van der Waals surface area (Å²) in [6.45, 7) is 0. The molecule has 0 saturated heterocycles. The van der Waals surface area contributed by atoms with Crippen molar-refractivity contribution in [3.8, 4) is 0 Å². The largest absolute Gasteiger partial charge is 0.544 e. The van der Waals surface area contributed by atoms with Crippen LogP contribution < -0.4 is 16.2 Å². The van der Waals surface area contributed by atoms with Crippen molar-refractivity contribution in [3.63, 3.8) is 0 Å². The lowest BCUT2D eigenvalue weighted by Gasteiger charge is -2.16. The molecule has 0 heterocycles. The predicted octanol–water partition coefficient (Wildman–Crippen LogP) is -2.84. The Labute approximate surface area is 102 Å². The van der Waals surface area contributed by atoms with E-state index < -0.39 is 23.9 Å². The number of rotatable bonds is 6. The fourth-order valence-electron chi connectivity index (χ4n) is 1.36. The number of carbonyl (C=O) groups is 3. The van der Waals surface area contributed by atoms with Crippen LogP contribution in [0.4, 0.5) is 5.69 Å². The molecule has 0 bridgehead atoms. The van der Waals surface area contributed by atoms with Crippen molar-refractivity contribution in [2.75, 3.05) is 5.32 Å². The first kappa shape index (κ1) is 13.8. The van der Waals surface area contributed by atoms with Crippen LogP contribution in [-0.4, -0.2) is 35.4 Å². The molecule has 0 saturated carbocycles. The summed E-state index contributed by atoms with van der Waals surface area (Å²) in [6, 6.07) is 4.33. The highest BCUT2D eigenvalue weighted by Crippen LogP contribution is 2.16. The van der Waals surface area contributed by atoms with Crippen molar-refractivity contribution in [1.82, 2.24) is 0 Å². The fourth-order valence-corrected chi connectivity index (χ4v) is 1.36. The standard InChI is InChI=1S/C11H12N2O5/c12-8(11(17)18)10(16)9(15)6-3-1-2-4-7(6)13-5-14/h1-5,8,10,16H,12H2,(H,13,14)(H,17,18)/t8-,10+/m0/s1. The number of carboxylic acids is 1. The number of nitrogens with one attached hydrogen (secondary N) is 1. The molecule has 1 aromatic carbocycles. The van der Waals surface area contributed by atoms with Gasteiger partial charge in [-0.25, -0.2) is 0 Å². The van der Waals surface area contributed by atoms with Crippen molar-refractivity contribution in [1.29, 1.82) is 0 Å². The minimum absolute atomic E-state index is 0.00648. The van der Waals surface area contributed by atoms with Crippen LogP contribution >= 0.6 is 0 Å². The maximum atomic E-state index is 11.8. The number of aliphatic carboxylic acids is 1. The van der Waals surface area contributed by atoms with E-state index in [-0.39, 0.29) is 11.3 Å². The Morgan fingerprint density at radius 3 is 2.56 bits per heavy atom. The molecule has 18 heavy (non-hydrogen) atoms. The lowest BCUT2D eigenvalue weighted by molar-refractivity contribution is -0.447. The summed E-state index contributed by atoms with van der Waals surface area (Å²) in [6.07, 6.45) is -1.46. The second-order valence-corrected chi connectivity index (χ2v) is 3.54. The van der Waals surface area contributed by atoms with Gasteiger partial charge in [-0.15, -0.1) is 0 Å². The first-order valence-corrected chi connectivity index (χ1v) is 5.04. The highest BCUT2D eigenvalue weighted by molar-refractivity contribution is 6.06. The van der Waals surface area contributed by atoms with Gasteiger partial charge in [0, 0.05) is 5.56 Å². The summed E-state index contributed by atoms with van der Waals surface area (Å²) in [5.74, 6) is -2.47. The molecular weight excluding hydrogens is 240 g/mol. The van der Waals surface area contributed by atoms with E-state index in [1.807, 2.05) is 0 Å². The first-order chi connectivity index (χ1) is 8.49. The number of Topliss-reactive ketones (excluding diaryl/α,β-unsaturated/α-hetero) is 1. The van der Waals surface area contributed by atoms with Gasteiger partial charge in [0.25, 0.3) is 0 Å². The van der Waals surface area contributed by atoms with Gasteiger partial charge >= 0.3 is 0 Å². The Morgan fingerprint density at radius 2 is 2.00 bits per heavy atom. The molecule has 0 radical (unpaired) electrons. The summed E-state index contributed by atoms with van der Waals surface area (Å²) < 4.78 is 0. The Balaban J connectivity index is 3.03. The van der Waals surface area contributed by atoms with Crippen LogP contribution in [0.3, 0.4) is 0 Å². The third-order valence-corrected chi connectivity index (χ3v) is 2.36. The molecule has 96 valence electrons. The molecule has 0 fully saturated rings. The predicted molar refractivity (Wildman–Crippen MR) is 58.1 cm³/mol. The van der Waals surface area contributed by atoms with E-state index >= 15 is 0 Å². The van der Waals surface area contributed by atoms with Gasteiger partial charge in [-0.05, 0) is 12.1 Å². The normalized spacial score (nSPS) is 13.4. The van der Waals surface area contributed by atoms with Gasteiger partial charge in [0.15, 0.2) is 17.9 Å². The van der Waals surface area contributed by atoms with Gasteiger partial charge in [0.1, 0.15) is 5.97 Å². The molecule has 0 aliphatic carbocycles. The van der Waals surface area contributed by atoms with Gasteiger partial charge in [0.05, 0.1) is 5.69 Å². The molecule has 0 unspecified atom stereocenters. The third-order valence-electron chi connectivity index (χ3n) is 2.36. The number of hydrogen-bond acceptors (Lipinski definition) is 5. The van der Waals surface area contributed by atoms with Gasteiger partial charge in [-0.1, -0.05) is 12.1 Å². The van der Waals surface area contributed by atoms with E-state index in [0.29, 0.717) is 6.41 Å². The molecule has 0 aliphatic rings. The SMILES string of the molecule is [NH3+][C@H](C(=O)[O-])[C@@H](O)C(=O)c1ccccc1NC=O. The number of carboxylic acid groups (broad SMARTS) is 1. The van der Waals surface area contributed by atoms with E-state index in [9.17, 15) is 24.6 Å². The number of hydrogen-bond donors (Lipinski definition) is 3. The quantitative estimate of drug-likeness (QED) is 0.370. The van der Waals surface area contributed by atoms with E-state index in [1.54, 1.807) is 6.07 Å². The number of aliphatic hydroxyl groups is 1. The minimum atomic E-state index is -1.83. The second-order valence-electron chi connectivity index (χ2n) is 3.54. The number of ketones is 1. The molecule has 5 N–H and O–H groups in total. The fraction of sp³-hybridized carbons (Fsp3) is 0.182. The lowest BCUT2D eigenvalue weighted by atomic mass is 9.99. The van der Waals surface area contributed by atoms with Crippen LogP contribution in [0.2, 0.25) is 0 Å². The van der Waals surface area contributed by atoms with Crippen LogP contribution in [0.1, 0.15) is 10.4 Å². The Kier molecular flexibility index (Phi) is 4.52. The topological polar surface area (TPSA) is 134 Å².